The second kappa shape index (κ2) is 6.36. The number of fused-ring (bicyclic) bond motifs is 1. The predicted octanol–water partition coefficient (Wildman–Crippen LogP) is 1.49. The molecule has 3 aliphatic rings. The third-order valence-electron chi connectivity index (χ3n) is 5.84. The van der Waals surface area contributed by atoms with Gasteiger partial charge in [-0.25, -0.2) is 9.97 Å². The second-order valence-corrected chi connectivity index (χ2v) is 7.43. The Kier molecular flexibility index (Phi) is 4.24. The summed E-state index contributed by atoms with van der Waals surface area (Å²) in [5.74, 6) is 2.19. The van der Waals surface area contributed by atoms with E-state index < -0.39 is 0 Å². The van der Waals surface area contributed by atoms with Gasteiger partial charge in [-0.05, 0) is 59.2 Å². The fourth-order valence-electron chi connectivity index (χ4n) is 4.45. The molecule has 0 unspecified atom stereocenters. The molecule has 0 radical (unpaired) electrons. The van der Waals surface area contributed by atoms with Crippen LogP contribution in [-0.2, 0) is 12.8 Å². The Morgan fingerprint density at radius 1 is 0.913 bits per heavy atom. The van der Waals surface area contributed by atoms with E-state index >= 15 is 0 Å². The number of piperazine rings is 1. The summed E-state index contributed by atoms with van der Waals surface area (Å²) in [6.45, 7) is 9.16. The maximum atomic E-state index is 4.81. The molecule has 1 aromatic rings. The zero-order valence-electron chi connectivity index (χ0n) is 14.6. The summed E-state index contributed by atoms with van der Waals surface area (Å²) >= 11 is 0. The Morgan fingerprint density at radius 3 is 2.39 bits per heavy atom. The van der Waals surface area contributed by atoms with Crippen molar-refractivity contribution in [1.29, 1.82) is 0 Å². The van der Waals surface area contributed by atoms with Crippen LogP contribution in [0, 0.1) is 6.92 Å². The van der Waals surface area contributed by atoms with Crippen molar-refractivity contribution in [3.63, 3.8) is 0 Å². The number of hydrogen-bond donors (Lipinski definition) is 0. The van der Waals surface area contributed by atoms with Crippen LogP contribution in [0.5, 0.6) is 0 Å². The molecule has 23 heavy (non-hydrogen) atoms. The van der Waals surface area contributed by atoms with Crippen molar-refractivity contribution in [1.82, 2.24) is 19.8 Å². The summed E-state index contributed by atoms with van der Waals surface area (Å²) in [4.78, 5) is 17.2. The average Bonchev–Trinajstić information content (AvgIpc) is 3.03. The van der Waals surface area contributed by atoms with Gasteiger partial charge in [-0.3, -0.25) is 4.90 Å². The van der Waals surface area contributed by atoms with Gasteiger partial charge >= 0.3 is 0 Å². The van der Waals surface area contributed by atoms with E-state index in [9.17, 15) is 0 Å². The highest BCUT2D eigenvalue weighted by molar-refractivity contribution is 5.51. The van der Waals surface area contributed by atoms with E-state index in [2.05, 4.69) is 26.7 Å². The van der Waals surface area contributed by atoms with Crippen LogP contribution in [-0.4, -0.2) is 72.1 Å². The van der Waals surface area contributed by atoms with Crippen LogP contribution in [0.15, 0.2) is 0 Å². The van der Waals surface area contributed by atoms with Crippen LogP contribution in [0.3, 0.4) is 0 Å². The van der Waals surface area contributed by atoms with Gasteiger partial charge < -0.3 is 9.80 Å². The Labute approximate surface area is 139 Å². The minimum absolute atomic E-state index is 0.797. The molecule has 0 N–H and O–H groups in total. The monoisotopic (exact) mass is 315 g/mol. The topological polar surface area (TPSA) is 35.5 Å². The lowest BCUT2D eigenvalue weighted by Crippen LogP contribution is -2.53. The van der Waals surface area contributed by atoms with E-state index in [1.54, 1.807) is 0 Å². The first-order chi connectivity index (χ1) is 11.2. The molecule has 1 aliphatic carbocycles. The van der Waals surface area contributed by atoms with Crippen LogP contribution >= 0.6 is 0 Å². The maximum absolute atomic E-state index is 4.81. The first-order valence-corrected chi connectivity index (χ1v) is 9.24. The Morgan fingerprint density at radius 2 is 1.65 bits per heavy atom. The number of hydrogen-bond acceptors (Lipinski definition) is 5. The number of anilines is 1. The third kappa shape index (κ3) is 3.09. The van der Waals surface area contributed by atoms with Gasteiger partial charge in [0.15, 0.2) is 0 Å². The van der Waals surface area contributed by atoms with Crippen molar-refractivity contribution in [2.24, 2.45) is 0 Å². The first-order valence-electron chi connectivity index (χ1n) is 9.24. The van der Waals surface area contributed by atoms with Crippen molar-refractivity contribution in [2.75, 3.05) is 51.2 Å². The molecule has 0 saturated carbocycles. The standard InChI is InChI=1S/C18H29N5/c1-14-19-17-5-3-4-16(17)18(20-14)23-12-10-22(11-13-23)15-6-8-21(2)9-7-15/h15H,3-13H2,1-2H3. The van der Waals surface area contributed by atoms with Crippen molar-refractivity contribution in [3.8, 4) is 0 Å². The zero-order chi connectivity index (χ0) is 15.8. The molecule has 2 fully saturated rings. The van der Waals surface area contributed by atoms with Crippen LogP contribution in [0.2, 0.25) is 0 Å². The van der Waals surface area contributed by atoms with Gasteiger partial charge in [-0.1, -0.05) is 0 Å². The molecule has 2 saturated heterocycles. The second-order valence-electron chi connectivity index (χ2n) is 7.43. The first kappa shape index (κ1) is 15.3. The molecular weight excluding hydrogens is 286 g/mol. The number of rotatable bonds is 2. The van der Waals surface area contributed by atoms with E-state index in [0.29, 0.717) is 0 Å². The summed E-state index contributed by atoms with van der Waals surface area (Å²) in [6, 6.07) is 0.797. The van der Waals surface area contributed by atoms with E-state index in [-0.39, 0.29) is 0 Å². The lowest BCUT2D eigenvalue weighted by atomic mass is 10.0. The number of nitrogens with zero attached hydrogens (tertiary/aromatic N) is 5. The van der Waals surface area contributed by atoms with E-state index in [4.69, 9.17) is 4.98 Å². The van der Waals surface area contributed by atoms with Crippen LogP contribution in [0.1, 0.15) is 36.3 Å². The van der Waals surface area contributed by atoms with E-state index in [1.807, 2.05) is 6.92 Å². The molecule has 3 heterocycles. The molecule has 1 aromatic heterocycles. The summed E-state index contributed by atoms with van der Waals surface area (Å²) in [7, 11) is 2.24. The maximum Gasteiger partial charge on any atom is 0.135 e. The quantitative estimate of drug-likeness (QED) is 0.826. The van der Waals surface area contributed by atoms with Crippen LogP contribution in [0.25, 0.3) is 0 Å². The summed E-state index contributed by atoms with van der Waals surface area (Å²) < 4.78 is 0. The fourth-order valence-corrected chi connectivity index (χ4v) is 4.45. The fraction of sp³-hybridized carbons (Fsp3) is 0.778. The molecule has 4 rings (SSSR count). The molecule has 0 amide bonds. The predicted molar refractivity (Wildman–Crippen MR) is 93.1 cm³/mol. The molecule has 0 spiro atoms. The number of piperidine rings is 1. The van der Waals surface area contributed by atoms with E-state index in [1.165, 1.54) is 68.9 Å². The molecule has 0 aromatic carbocycles. The Bertz CT molecular complexity index is 557. The van der Waals surface area contributed by atoms with Crippen LogP contribution in [0.4, 0.5) is 5.82 Å². The molecule has 2 aliphatic heterocycles. The van der Waals surface area contributed by atoms with Crippen molar-refractivity contribution < 1.29 is 0 Å². The molecule has 5 heteroatoms. The van der Waals surface area contributed by atoms with Gasteiger partial charge in [-0.15, -0.1) is 0 Å². The SMILES string of the molecule is Cc1nc2c(c(N3CCN(C4CCN(C)CC4)CC3)n1)CCC2. The largest absolute Gasteiger partial charge is 0.354 e. The highest BCUT2D eigenvalue weighted by Crippen LogP contribution is 2.30. The van der Waals surface area contributed by atoms with Crippen molar-refractivity contribution in [3.05, 3.63) is 17.1 Å². The number of aryl methyl sites for hydroxylation is 2. The molecule has 0 bridgehead atoms. The molecule has 126 valence electrons. The zero-order valence-corrected chi connectivity index (χ0v) is 14.6. The highest BCUT2D eigenvalue weighted by atomic mass is 15.3. The molecule has 0 atom stereocenters. The minimum Gasteiger partial charge on any atom is -0.354 e. The van der Waals surface area contributed by atoms with Gasteiger partial charge in [0.1, 0.15) is 11.6 Å². The minimum atomic E-state index is 0.797. The van der Waals surface area contributed by atoms with Gasteiger partial charge in [0, 0.05) is 43.5 Å². The molecular formula is C18H29N5. The van der Waals surface area contributed by atoms with Crippen molar-refractivity contribution >= 4 is 5.82 Å². The number of likely N-dealkylation sites (tertiary alicyclic amines) is 1. The smallest absolute Gasteiger partial charge is 0.135 e. The lowest BCUT2D eigenvalue weighted by Gasteiger charge is -2.42. The summed E-state index contributed by atoms with van der Waals surface area (Å²) in [5, 5.41) is 0. The summed E-state index contributed by atoms with van der Waals surface area (Å²) in [5.41, 5.74) is 2.74. The van der Waals surface area contributed by atoms with Gasteiger partial charge in [0.05, 0.1) is 0 Å². The Hall–Kier alpha value is -1.20. The third-order valence-corrected chi connectivity index (χ3v) is 5.84. The lowest BCUT2D eigenvalue weighted by molar-refractivity contribution is 0.115. The highest BCUT2D eigenvalue weighted by Gasteiger charge is 2.29. The van der Waals surface area contributed by atoms with Crippen LogP contribution < -0.4 is 4.90 Å². The van der Waals surface area contributed by atoms with Crippen molar-refractivity contribution in [2.45, 2.75) is 45.1 Å². The van der Waals surface area contributed by atoms with Gasteiger partial charge in [0.25, 0.3) is 0 Å². The Balaban J connectivity index is 1.42. The van der Waals surface area contributed by atoms with Gasteiger partial charge in [0.2, 0.25) is 0 Å². The van der Waals surface area contributed by atoms with E-state index in [0.717, 1.165) is 31.4 Å². The molecule has 5 nitrogen and oxygen atoms in total. The van der Waals surface area contributed by atoms with Gasteiger partial charge in [-0.2, -0.15) is 0 Å². The summed E-state index contributed by atoms with van der Waals surface area (Å²) in [6.07, 6.45) is 6.22. The average molecular weight is 315 g/mol. The number of aromatic nitrogens is 2. The normalized spacial score (nSPS) is 24.2.